The van der Waals surface area contributed by atoms with E-state index in [1.54, 1.807) is 0 Å². The Morgan fingerprint density at radius 1 is 0.733 bits per heavy atom. The van der Waals surface area contributed by atoms with Crippen molar-refractivity contribution in [3.05, 3.63) is 11.7 Å². The highest BCUT2D eigenvalue weighted by Crippen LogP contribution is 2.44. The lowest BCUT2D eigenvalue weighted by Gasteiger charge is -2.22. The van der Waals surface area contributed by atoms with Gasteiger partial charge in [-0.2, -0.15) is 30.7 Å². The number of allylic oxidation sites excluding steroid dienone is 2. The molecule has 1 atom stereocenters. The molecule has 0 radical (unpaired) electrons. The predicted octanol–water partition coefficient (Wildman–Crippen LogP) is 3.99. The second-order valence-electron chi connectivity index (χ2n) is 2.63. The largest absolute Gasteiger partial charge is 0.445 e. The molecule has 0 rings (SSSR count). The molecule has 0 aromatic heterocycles. The van der Waals surface area contributed by atoms with Crippen molar-refractivity contribution in [2.75, 3.05) is 0 Å². The molecule has 0 heterocycles. The van der Waals surface area contributed by atoms with E-state index in [0.29, 0.717) is 0 Å². The van der Waals surface area contributed by atoms with Crippen LogP contribution in [0, 0.1) is 0 Å². The average Bonchev–Trinajstić information content (AvgIpc) is 1.97. The molecule has 0 nitrogen and oxygen atoms in total. The molecule has 9 heteroatoms. The van der Waals surface area contributed by atoms with Gasteiger partial charge >= 0.3 is 12.4 Å². The first-order chi connectivity index (χ1) is 6.32. The van der Waals surface area contributed by atoms with E-state index in [9.17, 15) is 39.5 Å². The van der Waals surface area contributed by atoms with Crippen molar-refractivity contribution in [1.82, 2.24) is 0 Å². The van der Waals surface area contributed by atoms with Crippen molar-refractivity contribution in [2.24, 2.45) is 0 Å². The Balaban J connectivity index is 5.44. The van der Waals surface area contributed by atoms with Gasteiger partial charge in [-0.3, -0.25) is 0 Å². The van der Waals surface area contributed by atoms with Crippen LogP contribution in [0.5, 0.6) is 0 Å². The maximum atomic E-state index is 12.5. The van der Waals surface area contributed by atoms with Gasteiger partial charge in [-0.25, -0.2) is 8.78 Å². The molecule has 0 saturated heterocycles. The van der Waals surface area contributed by atoms with Gasteiger partial charge in [0.05, 0.1) is 0 Å². The summed E-state index contributed by atoms with van der Waals surface area (Å²) in [6.07, 6.45) is -12.0. The number of alkyl halides is 7. The molecule has 0 aromatic rings. The van der Waals surface area contributed by atoms with Crippen molar-refractivity contribution in [2.45, 2.75) is 24.9 Å². The Labute approximate surface area is 77.4 Å². The monoisotopic (exact) mass is 246 g/mol. The minimum Gasteiger partial charge on any atom is -0.226 e. The highest BCUT2D eigenvalue weighted by atomic mass is 19.4. The average molecular weight is 246 g/mol. The fourth-order valence-electron chi connectivity index (χ4n) is 0.455. The highest BCUT2D eigenvalue weighted by Gasteiger charge is 2.59. The smallest absolute Gasteiger partial charge is 0.226 e. The summed E-state index contributed by atoms with van der Waals surface area (Å²) in [5, 5.41) is 0. The lowest BCUT2D eigenvalue weighted by Crippen LogP contribution is -2.39. The Morgan fingerprint density at radius 2 is 1.07 bits per heavy atom. The van der Waals surface area contributed by atoms with Gasteiger partial charge in [0.25, 0.3) is 5.67 Å². The Bertz CT molecular complexity index is 265. The fourth-order valence-corrected chi connectivity index (χ4v) is 0.455. The van der Waals surface area contributed by atoms with Crippen molar-refractivity contribution in [3.63, 3.8) is 0 Å². The number of hydrogen-bond donors (Lipinski definition) is 0. The molecular formula is C6H3F9. The van der Waals surface area contributed by atoms with E-state index in [1.807, 2.05) is 0 Å². The van der Waals surface area contributed by atoms with Crippen LogP contribution >= 0.6 is 0 Å². The van der Waals surface area contributed by atoms with Crippen molar-refractivity contribution in [1.29, 1.82) is 0 Å². The SMILES string of the molecule is CC(F)(C(F)=C(F)C(F)(F)F)C(F)(F)F. The second-order valence-corrected chi connectivity index (χ2v) is 2.63. The van der Waals surface area contributed by atoms with Crippen LogP contribution in [0.1, 0.15) is 6.92 Å². The molecule has 1 unspecified atom stereocenters. The van der Waals surface area contributed by atoms with Crippen molar-refractivity contribution < 1.29 is 39.5 Å². The van der Waals surface area contributed by atoms with E-state index in [4.69, 9.17) is 0 Å². The van der Waals surface area contributed by atoms with Crippen LogP contribution in [-0.2, 0) is 0 Å². The first-order valence-corrected chi connectivity index (χ1v) is 3.20. The summed E-state index contributed by atoms with van der Waals surface area (Å²) in [5.41, 5.74) is -5.01. The van der Waals surface area contributed by atoms with E-state index < -0.39 is 36.6 Å². The Hall–Kier alpha value is -0.890. The summed E-state index contributed by atoms with van der Waals surface area (Å²) in [4.78, 5) is 0. The highest BCUT2D eigenvalue weighted by molar-refractivity contribution is 5.18. The number of rotatable bonds is 1. The normalized spacial score (nSPS) is 19.6. The van der Waals surface area contributed by atoms with E-state index in [2.05, 4.69) is 0 Å². The third-order valence-electron chi connectivity index (χ3n) is 1.39. The zero-order valence-electron chi connectivity index (χ0n) is 6.90. The third-order valence-corrected chi connectivity index (χ3v) is 1.39. The predicted molar refractivity (Wildman–Crippen MR) is 30.9 cm³/mol. The number of hydrogen-bond acceptors (Lipinski definition) is 0. The van der Waals surface area contributed by atoms with Gasteiger partial charge in [-0.1, -0.05) is 0 Å². The van der Waals surface area contributed by atoms with Gasteiger partial charge < -0.3 is 0 Å². The molecule has 0 spiro atoms. The number of halogens is 9. The molecule has 0 aliphatic rings. The van der Waals surface area contributed by atoms with Crippen LogP contribution in [0.15, 0.2) is 11.7 Å². The van der Waals surface area contributed by atoms with Crippen LogP contribution in [0.2, 0.25) is 0 Å². The molecule has 0 bridgehead atoms. The van der Waals surface area contributed by atoms with Crippen LogP contribution in [-0.4, -0.2) is 18.0 Å². The molecule has 0 amide bonds. The van der Waals surface area contributed by atoms with Gasteiger partial charge in [0.1, 0.15) is 0 Å². The molecule has 0 saturated carbocycles. The van der Waals surface area contributed by atoms with E-state index in [1.165, 1.54) is 0 Å². The van der Waals surface area contributed by atoms with Crippen LogP contribution in [0.25, 0.3) is 0 Å². The van der Waals surface area contributed by atoms with E-state index in [0.717, 1.165) is 0 Å². The summed E-state index contributed by atoms with van der Waals surface area (Å²) < 4.78 is 106. The van der Waals surface area contributed by atoms with E-state index in [-0.39, 0.29) is 0 Å². The van der Waals surface area contributed by atoms with Crippen LogP contribution in [0.4, 0.5) is 39.5 Å². The summed E-state index contributed by atoms with van der Waals surface area (Å²) >= 11 is 0. The van der Waals surface area contributed by atoms with Crippen molar-refractivity contribution in [3.8, 4) is 0 Å². The van der Waals surface area contributed by atoms with Gasteiger partial charge in [-0.05, 0) is 6.92 Å². The zero-order valence-corrected chi connectivity index (χ0v) is 6.90. The van der Waals surface area contributed by atoms with Crippen LogP contribution < -0.4 is 0 Å². The Kier molecular flexibility index (Phi) is 3.39. The van der Waals surface area contributed by atoms with Gasteiger partial charge in [0.15, 0.2) is 5.83 Å². The third kappa shape index (κ3) is 2.78. The quantitative estimate of drug-likeness (QED) is 0.613. The summed E-state index contributed by atoms with van der Waals surface area (Å²) in [7, 11) is 0. The maximum absolute atomic E-state index is 12.5. The molecule has 90 valence electrons. The van der Waals surface area contributed by atoms with Gasteiger partial charge in [0, 0.05) is 0 Å². The molecule has 0 aromatic carbocycles. The second kappa shape index (κ2) is 3.60. The van der Waals surface area contributed by atoms with Gasteiger partial charge in [-0.15, -0.1) is 0 Å². The molecular weight excluding hydrogens is 243 g/mol. The zero-order chi connectivity index (χ0) is 12.7. The molecule has 0 N–H and O–H groups in total. The molecule has 0 aliphatic carbocycles. The summed E-state index contributed by atoms with van der Waals surface area (Å²) in [6.45, 7) is -0.548. The first kappa shape index (κ1) is 14.1. The fraction of sp³-hybridized carbons (Fsp3) is 0.667. The van der Waals surface area contributed by atoms with Crippen molar-refractivity contribution >= 4 is 0 Å². The minimum atomic E-state index is -6.00. The van der Waals surface area contributed by atoms with E-state index >= 15 is 0 Å². The summed E-state index contributed by atoms with van der Waals surface area (Å²) in [6, 6.07) is 0. The summed E-state index contributed by atoms with van der Waals surface area (Å²) in [5.74, 6) is -7.27. The van der Waals surface area contributed by atoms with Crippen LogP contribution in [0.3, 0.4) is 0 Å². The Morgan fingerprint density at radius 3 is 1.27 bits per heavy atom. The topological polar surface area (TPSA) is 0 Å². The lowest BCUT2D eigenvalue weighted by molar-refractivity contribution is -0.217. The molecule has 0 aliphatic heterocycles. The lowest BCUT2D eigenvalue weighted by atomic mass is 10.1. The van der Waals surface area contributed by atoms with Gasteiger partial charge in [0.2, 0.25) is 5.83 Å². The molecule has 0 fully saturated rings. The first-order valence-electron chi connectivity index (χ1n) is 3.20. The standard InChI is InChI=1S/C6H3F9/c1-4(9,6(13,14)15)2(7)3(8)5(10,11)12/h1H3. The maximum Gasteiger partial charge on any atom is 0.445 e. The molecule has 15 heavy (non-hydrogen) atoms. The minimum absolute atomic E-state index is 0.548.